The van der Waals surface area contributed by atoms with Crippen LogP contribution in [0.5, 0.6) is 0 Å². The molecule has 1 aliphatic carbocycles. The van der Waals surface area contributed by atoms with Gasteiger partial charge in [-0.3, -0.25) is 0 Å². The fraction of sp³-hybridized carbons (Fsp3) is 0.0968. The molecule has 0 aliphatic heterocycles. The molecule has 1 nitrogen and oxygen atoms in total. The highest BCUT2D eigenvalue weighted by Crippen LogP contribution is 2.37. The molecule has 0 N–H and O–H groups in total. The number of rotatable bonds is 5. The van der Waals surface area contributed by atoms with Crippen molar-refractivity contribution in [2.75, 3.05) is 4.90 Å². The lowest BCUT2D eigenvalue weighted by Crippen LogP contribution is -2.10. The van der Waals surface area contributed by atoms with Crippen LogP contribution in [0.4, 0.5) is 17.1 Å². The summed E-state index contributed by atoms with van der Waals surface area (Å²) in [5.74, 6) is 0.464. The summed E-state index contributed by atoms with van der Waals surface area (Å²) in [4.78, 5) is 2.34. The molecular formula is C31H27N. The zero-order valence-corrected chi connectivity index (χ0v) is 18.4. The molecule has 32 heavy (non-hydrogen) atoms. The van der Waals surface area contributed by atoms with E-state index in [1.807, 2.05) is 0 Å². The van der Waals surface area contributed by atoms with Crippen molar-refractivity contribution in [3.8, 4) is 11.1 Å². The van der Waals surface area contributed by atoms with Gasteiger partial charge in [-0.15, -0.1) is 0 Å². The molecule has 0 radical (unpaired) electrons. The van der Waals surface area contributed by atoms with Crippen LogP contribution in [0.15, 0.2) is 127 Å². The molecule has 0 bridgehead atoms. The van der Waals surface area contributed by atoms with E-state index in [9.17, 15) is 0 Å². The third-order valence-corrected chi connectivity index (χ3v) is 6.05. The van der Waals surface area contributed by atoms with Crippen molar-refractivity contribution in [1.29, 1.82) is 0 Å². The summed E-state index contributed by atoms with van der Waals surface area (Å²) < 4.78 is 0. The average molecular weight is 414 g/mol. The first kappa shape index (κ1) is 20.1. The highest BCUT2D eigenvalue weighted by atomic mass is 15.1. The maximum absolute atomic E-state index is 2.34. The van der Waals surface area contributed by atoms with E-state index in [1.165, 1.54) is 33.6 Å². The number of hydrogen-bond donors (Lipinski definition) is 0. The van der Waals surface area contributed by atoms with Gasteiger partial charge in [-0.05, 0) is 72.0 Å². The van der Waals surface area contributed by atoms with E-state index < -0.39 is 0 Å². The van der Waals surface area contributed by atoms with Gasteiger partial charge >= 0.3 is 0 Å². The van der Waals surface area contributed by atoms with Crippen LogP contribution in [-0.4, -0.2) is 0 Å². The van der Waals surface area contributed by atoms with Gasteiger partial charge in [0.15, 0.2) is 0 Å². The normalized spacial score (nSPS) is 15.0. The first-order valence-corrected chi connectivity index (χ1v) is 11.2. The molecule has 1 unspecified atom stereocenters. The van der Waals surface area contributed by atoms with E-state index in [2.05, 4.69) is 139 Å². The summed E-state index contributed by atoms with van der Waals surface area (Å²) >= 11 is 0. The minimum atomic E-state index is 0.464. The van der Waals surface area contributed by atoms with Crippen LogP contribution in [0.25, 0.3) is 11.1 Å². The lowest BCUT2D eigenvalue weighted by molar-refractivity contribution is 0.854. The van der Waals surface area contributed by atoms with Crippen molar-refractivity contribution >= 4 is 17.1 Å². The van der Waals surface area contributed by atoms with E-state index in [0.717, 1.165) is 12.1 Å². The summed E-state index contributed by atoms with van der Waals surface area (Å²) in [7, 11) is 0. The molecule has 1 atom stereocenters. The lowest BCUT2D eigenvalue weighted by atomic mass is 9.92. The van der Waals surface area contributed by atoms with Gasteiger partial charge in [0.25, 0.3) is 0 Å². The average Bonchev–Trinajstić information content (AvgIpc) is 2.86. The first-order valence-electron chi connectivity index (χ1n) is 11.2. The molecule has 0 heterocycles. The van der Waals surface area contributed by atoms with Crippen molar-refractivity contribution in [2.45, 2.75) is 19.3 Å². The number of hydrogen-bond acceptors (Lipinski definition) is 1. The Morgan fingerprint density at radius 2 is 1.31 bits per heavy atom. The summed E-state index contributed by atoms with van der Waals surface area (Å²) in [6.45, 7) is 2.15. The number of allylic oxidation sites excluding steroid dienone is 4. The highest BCUT2D eigenvalue weighted by molar-refractivity contribution is 5.78. The Balaban J connectivity index is 1.51. The van der Waals surface area contributed by atoms with E-state index in [0.29, 0.717) is 5.92 Å². The van der Waals surface area contributed by atoms with Crippen molar-refractivity contribution in [2.24, 2.45) is 0 Å². The standard InChI is InChI=1S/C31H27N/c1-24-9-8-14-31(23-24)32(29-19-15-27(16-20-29)25-10-4-2-5-11-25)30-21-17-28(18-22-30)26-12-6-3-7-13-26/h2-12,14-23,26H,13H2,1H3. The monoisotopic (exact) mass is 413 g/mol. The number of aryl methyl sites for hydroxylation is 1. The molecule has 4 aromatic carbocycles. The second-order valence-electron chi connectivity index (χ2n) is 8.33. The summed E-state index contributed by atoms with van der Waals surface area (Å²) in [6, 6.07) is 37.1. The fourth-order valence-electron chi connectivity index (χ4n) is 4.35. The maximum Gasteiger partial charge on any atom is 0.0464 e. The molecular weight excluding hydrogens is 386 g/mol. The minimum absolute atomic E-state index is 0.464. The number of anilines is 3. The number of nitrogens with zero attached hydrogens (tertiary/aromatic N) is 1. The Kier molecular flexibility index (Phi) is 5.72. The van der Waals surface area contributed by atoms with Crippen molar-refractivity contribution in [3.63, 3.8) is 0 Å². The van der Waals surface area contributed by atoms with E-state index >= 15 is 0 Å². The van der Waals surface area contributed by atoms with Crippen molar-refractivity contribution in [1.82, 2.24) is 0 Å². The molecule has 0 fully saturated rings. The molecule has 1 aliphatic rings. The number of benzene rings is 4. The third-order valence-electron chi connectivity index (χ3n) is 6.05. The van der Waals surface area contributed by atoms with Gasteiger partial charge in [-0.25, -0.2) is 0 Å². The van der Waals surface area contributed by atoms with Crippen LogP contribution < -0.4 is 4.90 Å². The van der Waals surface area contributed by atoms with Gasteiger partial charge in [0, 0.05) is 23.0 Å². The van der Waals surface area contributed by atoms with Gasteiger partial charge in [-0.1, -0.05) is 91.0 Å². The van der Waals surface area contributed by atoms with Crippen molar-refractivity contribution < 1.29 is 0 Å². The molecule has 1 heteroatoms. The summed E-state index contributed by atoms with van der Waals surface area (Å²) in [5.41, 5.74) is 8.57. The van der Waals surface area contributed by atoms with Gasteiger partial charge < -0.3 is 4.90 Å². The summed E-state index contributed by atoms with van der Waals surface area (Å²) in [5, 5.41) is 0. The second kappa shape index (κ2) is 9.11. The van der Waals surface area contributed by atoms with E-state index in [1.54, 1.807) is 0 Å². The zero-order valence-electron chi connectivity index (χ0n) is 18.4. The topological polar surface area (TPSA) is 3.24 Å². The highest BCUT2D eigenvalue weighted by Gasteiger charge is 2.14. The Bertz CT molecular complexity index is 1230. The first-order chi connectivity index (χ1) is 15.8. The zero-order chi connectivity index (χ0) is 21.8. The smallest absolute Gasteiger partial charge is 0.0464 e. The fourth-order valence-corrected chi connectivity index (χ4v) is 4.35. The van der Waals surface area contributed by atoms with E-state index in [4.69, 9.17) is 0 Å². The predicted octanol–water partition coefficient (Wildman–Crippen LogP) is 8.73. The Morgan fingerprint density at radius 1 is 0.625 bits per heavy atom. The predicted molar refractivity (Wildman–Crippen MR) is 137 cm³/mol. The quantitative estimate of drug-likeness (QED) is 0.316. The molecule has 0 spiro atoms. The molecule has 156 valence electrons. The van der Waals surface area contributed by atoms with Gasteiger partial charge in [-0.2, -0.15) is 0 Å². The van der Waals surface area contributed by atoms with E-state index in [-0.39, 0.29) is 0 Å². The Hall–Kier alpha value is -3.84. The maximum atomic E-state index is 2.34. The van der Waals surface area contributed by atoms with Crippen molar-refractivity contribution in [3.05, 3.63) is 139 Å². The van der Waals surface area contributed by atoms with Crippen LogP contribution >= 0.6 is 0 Å². The van der Waals surface area contributed by atoms with Gasteiger partial charge in [0.1, 0.15) is 0 Å². The molecule has 0 aromatic heterocycles. The molecule has 0 amide bonds. The minimum Gasteiger partial charge on any atom is -0.310 e. The van der Waals surface area contributed by atoms with Crippen LogP contribution in [0.2, 0.25) is 0 Å². The van der Waals surface area contributed by atoms with Crippen LogP contribution in [0, 0.1) is 6.92 Å². The molecule has 0 saturated heterocycles. The molecule has 5 rings (SSSR count). The van der Waals surface area contributed by atoms with Crippen LogP contribution in [0.1, 0.15) is 23.5 Å². The van der Waals surface area contributed by atoms with Crippen LogP contribution in [0.3, 0.4) is 0 Å². The Labute approximate surface area is 191 Å². The van der Waals surface area contributed by atoms with Gasteiger partial charge in [0.05, 0.1) is 0 Å². The third kappa shape index (κ3) is 4.29. The molecule has 4 aromatic rings. The SMILES string of the molecule is Cc1cccc(N(c2ccc(-c3ccccc3)cc2)c2ccc(C3C=CC=CC3)cc2)c1. The summed E-state index contributed by atoms with van der Waals surface area (Å²) in [6.07, 6.45) is 9.87. The molecule has 0 saturated carbocycles. The van der Waals surface area contributed by atoms with Crippen LogP contribution in [-0.2, 0) is 0 Å². The second-order valence-corrected chi connectivity index (χ2v) is 8.33. The van der Waals surface area contributed by atoms with Gasteiger partial charge in [0.2, 0.25) is 0 Å². The Morgan fingerprint density at radius 3 is 1.97 bits per heavy atom. The lowest BCUT2D eigenvalue weighted by Gasteiger charge is -2.26. The largest absolute Gasteiger partial charge is 0.310 e.